The summed E-state index contributed by atoms with van der Waals surface area (Å²) in [4.78, 5) is 27.5. The van der Waals surface area contributed by atoms with Crippen LogP contribution in [0.5, 0.6) is 0 Å². The van der Waals surface area contributed by atoms with Gasteiger partial charge >= 0.3 is 0 Å². The summed E-state index contributed by atoms with van der Waals surface area (Å²) >= 11 is 0. The molecule has 0 aliphatic carbocycles. The number of aromatic amines is 1. The molecule has 0 unspecified atom stereocenters. The Morgan fingerprint density at radius 3 is 2.73 bits per heavy atom. The molecule has 1 aliphatic rings. The molecular formula is C24H16N8O. The average molecular weight is 432 g/mol. The van der Waals surface area contributed by atoms with Crippen LogP contribution < -0.4 is 10.5 Å². The molecule has 33 heavy (non-hydrogen) atoms. The highest BCUT2D eigenvalue weighted by molar-refractivity contribution is 5.93. The summed E-state index contributed by atoms with van der Waals surface area (Å²) < 4.78 is 3.17. The van der Waals surface area contributed by atoms with E-state index in [4.69, 9.17) is 11.5 Å². The van der Waals surface area contributed by atoms with E-state index < -0.39 is 0 Å². The maximum Gasteiger partial charge on any atom is 0.283 e. The third-order valence-corrected chi connectivity index (χ3v) is 6.04. The lowest BCUT2D eigenvalue weighted by molar-refractivity contribution is 0.424. The second-order valence-corrected chi connectivity index (χ2v) is 7.73. The molecule has 1 aliphatic heterocycles. The van der Waals surface area contributed by atoms with Gasteiger partial charge in [0.25, 0.3) is 5.56 Å². The quantitative estimate of drug-likeness (QED) is 0.439. The van der Waals surface area contributed by atoms with Gasteiger partial charge in [0.1, 0.15) is 29.4 Å². The lowest BCUT2D eigenvalue weighted by Gasteiger charge is -2.42. The number of rotatable bonds is 3. The van der Waals surface area contributed by atoms with Crippen molar-refractivity contribution in [2.24, 2.45) is 0 Å². The van der Waals surface area contributed by atoms with E-state index in [1.54, 1.807) is 27.5 Å². The summed E-state index contributed by atoms with van der Waals surface area (Å²) in [6, 6.07) is 13.1. The Kier molecular flexibility index (Phi) is 4.04. The lowest BCUT2D eigenvalue weighted by atomic mass is 10.0. The fraction of sp³-hybridized carbons (Fsp3) is 0.125. The first-order valence-electron chi connectivity index (χ1n) is 10.4. The summed E-state index contributed by atoms with van der Waals surface area (Å²) in [5.74, 6) is 3.79. The fourth-order valence-corrected chi connectivity index (χ4v) is 4.40. The fourth-order valence-electron chi connectivity index (χ4n) is 4.40. The zero-order valence-electron chi connectivity index (χ0n) is 17.3. The van der Waals surface area contributed by atoms with Gasteiger partial charge in [-0.05, 0) is 24.6 Å². The predicted molar refractivity (Wildman–Crippen MR) is 122 cm³/mol. The number of nitrogens with one attached hydrogen (secondary N) is 1. The van der Waals surface area contributed by atoms with Crippen molar-refractivity contribution in [3.63, 3.8) is 0 Å². The Labute approximate surface area is 187 Å². The molecule has 1 saturated heterocycles. The number of aromatic nitrogens is 6. The van der Waals surface area contributed by atoms with Gasteiger partial charge in [-0.3, -0.25) is 9.36 Å². The van der Waals surface area contributed by atoms with E-state index in [0.717, 1.165) is 6.42 Å². The number of terminal acetylenes is 1. The van der Waals surface area contributed by atoms with Crippen molar-refractivity contribution in [1.82, 2.24) is 29.1 Å². The summed E-state index contributed by atoms with van der Waals surface area (Å²) in [5.41, 5.74) is 2.39. The second-order valence-electron chi connectivity index (χ2n) is 7.73. The summed E-state index contributed by atoms with van der Waals surface area (Å²) in [6.07, 6.45) is 11.2. The van der Waals surface area contributed by atoms with Crippen LogP contribution in [0.3, 0.4) is 0 Å². The van der Waals surface area contributed by atoms with Crippen LogP contribution in [0.15, 0.2) is 59.9 Å². The Balaban J connectivity index is 1.59. The smallest absolute Gasteiger partial charge is 0.283 e. The van der Waals surface area contributed by atoms with Crippen molar-refractivity contribution in [3.8, 4) is 24.1 Å². The second kappa shape index (κ2) is 7.08. The molecule has 1 atom stereocenters. The molecule has 1 N–H and O–H groups in total. The molecule has 0 spiro atoms. The number of benzene rings is 1. The van der Waals surface area contributed by atoms with Gasteiger partial charge in [0, 0.05) is 18.9 Å². The van der Waals surface area contributed by atoms with Gasteiger partial charge in [-0.15, -0.1) is 6.42 Å². The number of hydrogen-bond donors (Lipinski definition) is 1. The van der Waals surface area contributed by atoms with Crippen LogP contribution in [-0.4, -0.2) is 35.7 Å². The molecule has 1 aromatic carbocycles. The van der Waals surface area contributed by atoms with E-state index in [2.05, 4.69) is 31.8 Å². The normalized spacial score (nSPS) is 15.3. The highest BCUT2D eigenvalue weighted by Gasteiger charge is 2.37. The number of anilines is 1. The predicted octanol–water partition coefficient (Wildman–Crippen LogP) is 2.56. The lowest BCUT2D eigenvalue weighted by Crippen LogP contribution is -2.45. The van der Waals surface area contributed by atoms with E-state index in [0.29, 0.717) is 51.6 Å². The van der Waals surface area contributed by atoms with Gasteiger partial charge in [0.2, 0.25) is 0 Å². The molecule has 0 radical (unpaired) electrons. The van der Waals surface area contributed by atoms with Gasteiger partial charge in [-0.25, -0.2) is 14.5 Å². The summed E-state index contributed by atoms with van der Waals surface area (Å²) in [7, 11) is 0. The first-order valence-corrected chi connectivity index (χ1v) is 10.4. The van der Waals surface area contributed by atoms with Crippen LogP contribution in [0.25, 0.3) is 22.2 Å². The van der Waals surface area contributed by atoms with E-state index in [1.807, 2.05) is 30.3 Å². The molecule has 9 nitrogen and oxygen atoms in total. The van der Waals surface area contributed by atoms with Gasteiger partial charge in [-0.2, -0.15) is 10.4 Å². The van der Waals surface area contributed by atoms with E-state index in [-0.39, 0.29) is 11.6 Å². The highest BCUT2D eigenvalue weighted by Crippen LogP contribution is 2.39. The zero-order valence-corrected chi connectivity index (χ0v) is 17.3. The van der Waals surface area contributed by atoms with Crippen LogP contribution in [0.4, 0.5) is 5.82 Å². The largest absolute Gasteiger partial charge is 0.345 e. The van der Waals surface area contributed by atoms with Crippen molar-refractivity contribution in [2.75, 3.05) is 11.4 Å². The van der Waals surface area contributed by atoms with Crippen LogP contribution in [0.1, 0.15) is 29.4 Å². The van der Waals surface area contributed by atoms with Gasteiger partial charge in [-0.1, -0.05) is 24.1 Å². The molecule has 158 valence electrons. The van der Waals surface area contributed by atoms with Crippen LogP contribution in [-0.2, 0) is 0 Å². The number of para-hydroxylation sites is 1. The van der Waals surface area contributed by atoms with Gasteiger partial charge in [0.05, 0.1) is 28.2 Å². The third kappa shape index (κ3) is 2.66. The molecule has 1 fully saturated rings. The van der Waals surface area contributed by atoms with Crippen molar-refractivity contribution in [3.05, 3.63) is 82.4 Å². The van der Waals surface area contributed by atoms with E-state index in [1.165, 1.54) is 6.33 Å². The Morgan fingerprint density at radius 2 is 2.00 bits per heavy atom. The summed E-state index contributed by atoms with van der Waals surface area (Å²) in [5, 5.41) is 15.0. The maximum atomic E-state index is 13.7. The standard InChI is InChI=1S/C24H16N8O/c1-2-15-8-11-31-20(15)24(33)32(17-6-4-3-5-7-17)22(29-31)18-9-10-30(18)23-19-16(12-25)13-26-21(19)27-14-28-23/h1,3-8,11,13-14,18H,9-10H2,(H,26,27,28)/t18-/m0/s1. The van der Waals surface area contributed by atoms with Gasteiger partial charge < -0.3 is 9.88 Å². The minimum absolute atomic E-state index is 0.224. The van der Waals surface area contributed by atoms with Crippen molar-refractivity contribution < 1.29 is 0 Å². The first kappa shape index (κ1) is 18.8. The minimum atomic E-state index is -0.233. The maximum absolute atomic E-state index is 13.7. The van der Waals surface area contributed by atoms with Crippen LogP contribution >= 0.6 is 0 Å². The van der Waals surface area contributed by atoms with Crippen molar-refractivity contribution >= 4 is 22.4 Å². The number of H-pyrrole nitrogens is 1. The van der Waals surface area contributed by atoms with E-state index >= 15 is 0 Å². The van der Waals surface area contributed by atoms with Crippen LogP contribution in [0.2, 0.25) is 0 Å². The van der Waals surface area contributed by atoms with Crippen LogP contribution in [0, 0.1) is 23.7 Å². The van der Waals surface area contributed by atoms with Crippen molar-refractivity contribution in [1.29, 1.82) is 5.26 Å². The minimum Gasteiger partial charge on any atom is -0.345 e. The molecule has 0 bridgehead atoms. The molecule has 5 heterocycles. The summed E-state index contributed by atoms with van der Waals surface area (Å²) in [6.45, 7) is 0.705. The Bertz CT molecular complexity index is 1680. The molecular weight excluding hydrogens is 416 g/mol. The molecule has 0 saturated carbocycles. The first-order chi connectivity index (χ1) is 16.2. The molecule has 4 aromatic heterocycles. The SMILES string of the molecule is C#Cc1ccn2nc([C@@H]3CCN3c3ncnc4[nH]cc(C#N)c34)n(-c3ccccc3)c(=O)c12. The Morgan fingerprint density at radius 1 is 1.15 bits per heavy atom. The zero-order chi connectivity index (χ0) is 22.5. The average Bonchev–Trinajstić information content (AvgIpc) is 3.43. The van der Waals surface area contributed by atoms with E-state index in [9.17, 15) is 10.1 Å². The highest BCUT2D eigenvalue weighted by atomic mass is 16.1. The number of fused-ring (bicyclic) bond motifs is 2. The number of nitrogens with zero attached hydrogens (tertiary/aromatic N) is 7. The monoisotopic (exact) mass is 432 g/mol. The molecule has 6 rings (SSSR count). The molecule has 9 heteroatoms. The molecule has 0 amide bonds. The van der Waals surface area contributed by atoms with Crippen molar-refractivity contribution in [2.45, 2.75) is 12.5 Å². The Hall–Kier alpha value is -4.89. The topological polar surface area (TPSA) is 108 Å². The number of hydrogen-bond acceptors (Lipinski definition) is 6. The molecule has 5 aromatic rings. The third-order valence-electron chi connectivity index (χ3n) is 6.04. The number of nitriles is 1. The van der Waals surface area contributed by atoms with Gasteiger partial charge in [0.15, 0.2) is 5.82 Å².